The minimum absolute atomic E-state index is 0.0124. The van der Waals surface area contributed by atoms with Crippen LogP contribution in [-0.2, 0) is 19.6 Å². The van der Waals surface area contributed by atoms with E-state index in [1.54, 1.807) is 6.07 Å². The molecule has 0 aliphatic heterocycles. The van der Waals surface area contributed by atoms with Gasteiger partial charge in [-0.15, -0.1) is 0 Å². The number of benzene rings is 2. The number of likely N-dealkylation sites (N-methyl/N-ethyl adjacent to an activating group) is 1. The van der Waals surface area contributed by atoms with Crippen LogP contribution in [0.4, 0.5) is 17.1 Å². The summed E-state index contributed by atoms with van der Waals surface area (Å²) in [4.78, 5) is 37.7. The normalized spacial score (nSPS) is 10.9. The van der Waals surface area contributed by atoms with E-state index in [0.29, 0.717) is 16.4 Å². The van der Waals surface area contributed by atoms with Crippen LogP contribution in [0, 0.1) is 0 Å². The molecule has 0 heterocycles. The van der Waals surface area contributed by atoms with E-state index in [4.69, 9.17) is 23.2 Å². The van der Waals surface area contributed by atoms with Crippen molar-refractivity contribution in [3.8, 4) is 0 Å². The van der Waals surface area contributed by atoms with Crippen LogP contribution in [0.1, 0.15) is 17.3 Å². The first-order valence-corrected chi connectivity index (χ1v) is 11.4. The Labute approximate surface area is 189 Å². The zero-order valence-corrected chi connectivity index (χ0v) is 19.2. The lowest BCUT2D eigenvalue weighted by Crippen LogP contribution is -2.35. The average molecular weight is 487 g/mol. The summed E-state index contributed by atoms with van der Waals surface area (Å²) in [6, 6.07) is 8.66. The quantitative estimate of drug-likeness (QED) is 0.554. The second-order valence-corrected chi connectivity index (χ2v) is 9.22. The predicted octanol–water partition coefficient (Wildman–Crippen LogP) is 3.03. The number of halogens is 2. The van der Waals surface area contributed by atoms with Crippen LogP contribution in [0.15, 0.2) is 36.4 Å². The van der Waals surface area contributed by atoms with Gasteiger partial charge in [0.25, 0.3) is 5.91 Å². The van der Waals surface area contributed by atoms with Gasteiger partial charge in [0.05, 0.1) is 34.1 Å². The zero-order chi connectivity index (χ0) is 23.3. The molecule has 3 N–H and O–H groups in total. The van der Waals surface area contributed by atoms with Crippen molar-refractivity contribution in [3.05, 3.63) is 52.0 Å². The van der Waals surface area contributed by atoms with Crippen molar-refractivity contribution in [1.82, 2.24) is 4.90 Å². The maximum Gasteiger partial charge on any atom is 0.256 e. The summed E-state index contributed by atoms with van der Waals surface area (Å²) in [7, 11) is -2.30. The van der Waals surface area contributed by atoms with Gasteiger partial charge in [-0.3, -0.25) is 19.1 Å². The second kappa shape index (κ2) is 9.99. The SMILES string of the molecule is CC(=O)Nc1ccc(NS(C)(=O)=O)c(C(=O)N(C)CC(=O)Nc2ccc(Cl)c(Cl)c2)c1. The standard InChI is InChI=1S/C19H20Cl2N4O5S/c1-11(26)22-12-5-7-17(24-31(3,29)30)14(8-12)19(28)25(2)10-18(27)23-13-4-6-15(20)16(21)9-13/h4-9,24H,10H2,1-3H3,(H,22,26)(H,23,27). The molecule has 0 saturated heterocycles. The molecule has 2 rings (SSSR count). The number of anilines is 3. The number of carbonyl (C=O) groups excluding carboxylic acids is 3. The second-order valence-electron chi connectivity index (χ2n) is 6.65. The van der Waals surface area contributed by atoms with Crippen molar-refractivity contribution < 1.29 is 22.8 Å². The fraction of sp³-hybridized carbons (Fsp3) is 0.211. The van der Waals surface area contributed by atoms with Gasteiger partial charge in [-0.25, -0.2) is 8.42 Å². The molecule has 0 aliphatic rings. The maximum absolute atomic E-state index is 12.9. The van der Waals surface area contributed by atoms with E-state index >= 15 is 0 Å². The van der Waals surface area contributed by atoms with E-state index in [9.17, 15) is 22.8 Å². The first kappa shape index (κ1) is 24.4. The molecule has 9 nitrogen and oxygen atoms in total. The molecule has 12 heteroatoms. The van der Waals surface area contributed by atoms with Crippen molar-refractivity contribution in [2.45, 2.75) is 6.92 Å². The molecule has 0 spiro atoms. The van der Waals surface area contributed by atoms with Crippen LogP contribution in [0.3, 0.4) is 0 Å². The fourth-order valence-electron chi connectivity index (χ4n) is 2.56. The monoisotopic (exact) mass is 486 g/mol. The summed E-state index contributed by atoms with van der Waals surface area (Å²) < 4.78 is 25.6. The van der Waals surface area contributed by atoms with Crippen LogP contribution in [-0.4, -0.2) is 50.9 Å². The smallest absolute Gasteiger partial charge is 0.256 e. The topological polar surface area (TPSA) is 125 Å². The molecule has 2 aromatic carbocycles. The van der Waals surface area contributed by atoms with Crippen molar-refractivity contribution in [1.29, 1.82) is 0 Å². The highest BCUT2D eigenvalue weighted by Gasteiger charge is 2.21. The fourth-order valence-corrected chi connectivity index (χ4v) is 3.43. The Balaban J connectivity index is 2.22. The molecule has 2 aromatic rings. The van der Waals surface area contributed by atoms with Gasteiger partial charge in [-0.2, -0.15) is 0 Å². The van der Waals surface area contributed by atoms with Crippen LogP contribution < -0.4 is 15.4 Å². The van der Waals surface area contributed by atoms with Crippen molar-refractivity contribution in [3.63, 3.8) is 0 Å². The van der Waals surface area contributed by atoms with E-state index in [-0.39, 0.29) is 28.7 Å². The van der Waals surface area contributed by atoms with Gasteiger partial charge in [-0.05, 0) is 36.4 Å². The highest BCUT2D eigenvalue weighted by molar-refractivity contribution is 7.92. The first-order valence-electron chi connectivity index (χ1n) is 8.75. The van der Waals surface area contributed by atoms with E-state index in [1.807, 2.05) is 0 Å². The van der Waals surface area contributed by atoms with Gasteiger partial charge in [0.15, 0.2) is 0 Å². The van der Waals surface area contributed by atoms with Crippen molar-refractivity contribution >= 4 is 68.0 Å². The Morgan fingerprint density at radius 3 is 2.16 bits per heavy atom. The van der Waals surface area contributed by atoms with Crippen molar-refractivity contribution in [2.24, 2.45) is 0 Å². The zero-order valence-electron chi connectivity index (χ0n) is 16.8. The summed E-state index contributed by atoms with van der Waals surface area (Å²) in [5, 5.41) is 5.71. The van der Waals surface area contributed by atoms with E-state index in [0.717, 1.165) is 11.2 Å². The van der Waals surface area contributed by atoms with Crippen LogP contribution in [0.25, 0.3) is 0 Å². The Kier molecular flexibility index (Phi) is 7.88. The van der Waals surface area contributed by atoms with Gasteiger partial charge in [-0.1, -0.05) is 23.2 Å². The number of nitrogens with zero attached hydrogens (tertiary/aromatic N) is 1. The van der Waals surface area contributed by atoms with Gasteiger partial charge in [0.2, 0.25) is 21.8 Å². The summed E-state index contributed by atoms with van der Waals surface area (Å²) in [5.41, 5.74) is 0.663. The number of amides is 3. The number of sulfonamides is 1. The summed E-state index contributed by atoms with van der Waals surface area (Å²) in [6.07, 6.45) is 0.942. The first-order chi connectivity index (χ1) is 14.4. The van der Waals surface area contributed by atoms with E-state index in [1.165, 1.54) is 44.3 Å². The molecule has 166 valence electrons. The molecule has 0 aliphatic carbocycles. The molecule has 0 bridgehead atoms. The lowest BCUT2D eigenvalue weighted by atomic mass is 10.1. The predicted molar refractivity (Wildman–Crippen MR) is 121 cm³/mol. The molecule has 31 heavy (non-hydrogen) atoms. The summed E-state index contributed by atoms with van der Waals surface area (Å²) in [6.45, 7) is 0.964. The van der Waals surface area contributed by atoms with Gasteiger partial charge in [0.1, 0.15) is 0 Å². The minimum Gasteiger partial charge on any atom is -0.332 e. The number of rotatable bonds is 7. The number of nitrogens with one attached hydrogen (secondary N) is 3. The molecule has 0 atom stereocenters. The van der Waals surface area contributed by atoms with Crippen molar-refractivity contribution in [2.75, 3.05) is 35.2 Å². The Hall–Kier alpha value is -2.82. The molecule has 0 fully saturated rings. The third-order valence-electron chi connectivity index (χ3n) is 3.80. The molecule has 3 amide bonds. The van der Waals surface area contributed by atoms with E-state index in [2.05, 4.69) is 15.4 Å². The largest absolute Gasteiger partial charge is 0.332 e. The lowest BCUT2D eigenvalue weighted by Gasteiger charge is -2.20. The minimum atomic E-state index is -3.68. The molecular weight excluding hydrogens is 467 g/mol. The number of carbonyl (C=O) groups is 3. The number of hydrogen-bond acceptors (Lipinski definition) is 5. The molecule has 0 saturated carbocycles. The average Bonchev–Trinajstić information content (AvgIpc) is 2.63. The third kappa shape index (κ3) is 7.42. The molecule has 0 aromatic heterocycles. The number of hydrogen-bond donors (Lipinski definition) is 3. The van der Waals surface area contributed by atoms with Gasteiger partial charge in [0, 0.05) is 25.3 Å². The maximum atomic E-state index is 12.9. The Morgan fingerprint density at radius 2 is 1.58 bits per heavy atom. The van der Waals surface area contributed by atoms with E-state index < -0.39 is 21.8 Å². The van der Waals surface area contributed by atoms with Crippen LogP contribution >= 0.6 is 23.2 Å². The molecular formula is C19H20Cl2N4O5S. The van der Waals surface area contributed by atoms with Gasteiger partial charge < -0.3 is 15.5 Å². The highest BCUT2D eigenvalue weighted by atomic mass is 35.5. The van der Waals surface area contributed by atoms with Crippen LogP contribution in [0.2, 0.25) is 10.0 Å². The molecule has 0 unspecified atom stereocenters. The lowest BCUT2D eigenvalue weighted by molar-refractivity contribution is -0.116. The molecule has 0 radical (unpaired) electrons. The Morgan fingerprint density at radius 1 is 0.968 bits per heavy atom. The van der Waals surface area contributed by atoms with Gasteiger partial charge >= 0.3 is 0 Å². The summed E-state index contributed by atoms with van der Waals surface area (Å²) in [5.74, 6) is -1.51. The van der Waals surface area contributed by atoms with Crippen LogP contribution in [0.5, 0.6) is 0 Å². The Bertz CT molecular complexity index is 1140. The third-order valence-corrected chi connectivity index (χ3v) is 5.13. The summed E-state index contributed by atoms with van der Waals surface area (Å²) >= 11 is 11.8. The highest BCUT2D eigenvalue weighted by Crippen LogP contribution is 2.25.